The third-order valence-electron chi connectivity index (χ3n) is 4.53. The molecule has 3 nitrogen and oxygen atoms in total. The normalized spacial score (nSPS) is 11.7. The Bertz CT molecular complexity index is 1260. The molecular weight excluding hydrogens is 392 g/mol. The summed E-state index contributed by atoms with van der Waals surface area (Å²) in [7, 11) is 0. The van der Waals surface area contributed by atoms with Crippen LogP contribution in [0.5, 0.6) is 5.75 Å². The van der Waals surface area contributed by atoms with Crippen molar-refractivity contribution in [2.75, 3.05) is 0 Å². The predicted molar refractivity (Wildman–Crippen MR) is 134 cm³/mol. The number of hydrogen-bond acceptors (Lipinski definition) is 3. The lowest BCUT2D eigenvalue weighted by Crippen LogP contribution is -2.00. The van der Waals surface area contributed by atoms with Crippen molar-refractivity contribution in [1.29, 1.82) is 0 Å². The first kappa shape index (κ1) is 23.1. The smallest absolute Gasteiger partial charge is 0.143 e. The topological polar surface area (TPSA) is 45.0 Å². The van der Waals surface area contributed by atoms with E-state index in [4.69, 9.17) is 0 Å². The molecule has 0 fully saturated rings. The van der Waals surface area contributed by atoms with E-state index in [9.17, 15) is 5.11 Å². The minimum Gasteiger partial charge on any atom is -0.506 e. The minimum atomic E-state index is -0.149. The molecule has 3 aromatic rings. The molecule has 162 valence electrons. The highest BCUT2D eigenvalue weighted by molar-refractivity contribution is 5.95. The largest absolute Gasteiger partial charge is 0.506 e. The number of aryl methyl sites for hydroxylation is 1. The third kappa shape index (κ3) is 5.99. The Hall–Kier alpha value is -3.56. The van der Waals surface area contributed by atoms with Gasteiger partial charge in [-0.05, 0) is 77.6 Å². The van der Waals surface area contributed by atoms with E-state index in [1.54, 1.807) is 6.07 Å². The van der Waals surface area contributed by atoms with Crippen LogP contribution in [-0.2, 0) is 0 Å². The van der Waals surface area contributed by atoms with Crippen LogP contribution in [0.2, 0.25) is 0 Å². The first-order valence-corrected chi connectivity index (χ1v) is 10.8. The van der Waals surface area contributed by atoms with Crippen molar-refractivity contribution in [2.24, 2.45) is 21.1 Å². The van der Waals surface area contributed by atoms with E-state index in [1.165, 1.54) is 0 Å². The molecule has 0 atom stereocenters. The van der Waals surface area contributed by atoms with Gasteiger partial charge in [-0.3, -0.25) is 0 Å². The summed E-state index contributed by atoms with van der Waals surface area (Å²) in [6.45, 7) is 14.5. The standard InChI is InChI=1S/C29H30N2O/c1-20-18-22(14-16-28(2,3)4)26(23(19-20)15-17-29(5,6)7)30-31-27-24-11-9-8-10-21(24)12-13-25(27)32/h8-13,18-19,32H,1-7H3. The summed E-state index contributed by atoms with van der Waals surface area (Å²) in [6.07, 6.45) is 0. The number of hydrogen-bond donors (Lipinski definition) is 1. The van der Waals surface area contributed by atoms with E-state index in [0.29, 0.717) is 11.4 Å². The van der Waals surface area contributed by atoms with Gasteiger partial charge in [-0.2, -0.15) is 0 Å². The molecule has 0 radical (unpaired) electrons. The number of phenols is 1. The molecule has 3 aromatic carbocycles. The number of benzene rings is 3. The van der Waals surface area contributed by atoms with E-state index >= 15 is 0 Å². The molecule has 0 amide bonds. The molecule has 0 spiro atoms. The first-order chi connectivity index (χ1) is 14.9. The van der Waals surface area contributed by atoms with Gasteiger partial charge in [-0.25, -0.2) is 0 Å². The lowest BCUT2D eigenvalue weighted by Gasteiger charge is -2.10. The zero-order valence-corrected chi connectivity index (χ0v) is 20.0. The maximum absolute atomic E-state index is 10.5. The van der Waals surface area contributed by atoms with Crippen LogP contribution in [0, 0.1) is 41.4 Å². The van der Waals surface area contributed by atoms with Crippen LogP contribution in [0.25, 0.3) is 10.8 Å². The van der Waals surface area contributed by atoms with Crippen molar-refractivity contribution in [3.63, 3.8) is 0 Å². The second-order valence-electron chi connectivity index (χ2n) is 10.1. The number of rotatable bonds is 2. The second-order valence-corrected chi connectivity index (χ2v) is 10.1. The third-order valence-corrected chi connectivity index (χ3v) is 4.53. The minimum absolute atomic E-state index is 0.0872. The molecule has 3 rings (SSSR count). The quantitative estimate of drug-likeness (QED) is 0.329. The zero-order valence-electron chi connectivity index (χ0n) is 20.0. The highest BCUT2D eigenvalue weighted by Crippen LogP contribution is 2.37. The van der Waals surface area contributed by atoms with Gasteiger partial charge in [0.1, 0.15) is 17.1 Å². The van der Waals surface area contributed by atoms with Crippen LogP contribution in [0.3, 0.4) is 0 Å². The number of phenolic OH excluding ortho intramolecular Hbond substituents is 1. The van der Waals surface area contributed by atoms with Crippen molar-refractivity contribution < 1.29 is 5.11 Å². The van der Waals surface area contributed by atoms with Gasteiger partial charge in [-0.15, -0.1) is 10.2 Å². The van der Waals surface area contributed by atoms with E-state index < -0.39 is 0 Å². The molecule has 0 heterocycles. The van der Waals surface area contributed by atoms with Gasteiger partial charge in [0.2, 0.25) is 0 Å². The van der Waals surface area contributed by atoms with Gasteiger partial charge >= 0.3 is 0 Å². The summed E-state index contributed by atoms with van der Waals surface area (Å²) < 4.78 is 0. The number of aromatic hydroxyl groups is 1. The fraction of sp³-hybridized carbons (Fsp3) is 0.310. The summed E-state index contributed by atoms with van der Waals surface area (Å²) in [5.41, 5.74) is 3.38. The number of fused-ring (bicyclic) bond motifs is 1. The van der Waals surface area contributed by atoms with Gasteiger partial charge in [0.15, 0.2) is 0 Å². The van der Waals surface area contributed by atoms with Gasteiger partial charge in [0, 0.05) is 16.2 Å². The summed E-state index contributed by atoms with van der Waals surface area (Å²) in [6, 6.07) is 15.3. The summed E-state index contributed by atoms with van der Waals surface area (Å²) >= 11 is 0. The van der Waals surface area contributed by atoms with Crippen LogP contribution >= 0.6 is 0 Å². The Balaban J connectivity index is 2.24. The molecule has 0 saturated heterocycles. The Morgan fingerprint density at radius 1 is 0.719 bits per heavy atom. The average Bonchev–Trinajstić information content (AvgIpc) is 2.69. The monoisotopic (exact) mass is 422 g/mol. The molecular formula is C29H30N2O. The maximum atomic E-state index is 10.5. The van der Waals surface area contributed by atoms with E-state index in [2.05, 4.69) is 75.5 Å². The van der Waals surface area contributed by atoms with Crippen molar-refractivity contribution >= 4 is 22.1 Å². The van der Waals surface area contributed by atoms with Crippen LogP contribution < -0.4 is 0 Å². The van der Waals surface area contributed by atoms with Crippen molar-refractivity contribution in [2.45, 2.75) is 48.5 Å². The molecule has 0 bridgehead atoms. The van der Waals surface area contributed by atoms with Gasteiger partial charge < -0.3 is 5.11 Å². The highest BCUT2D eigenvalue weighted by atomic mass is 16.3. The van der Waals surface area contributed by atoms with Crippen LogP contribution in [0.4, 0.5) is 11.4 Å². The Morgan fingerprint density at radius 3 is 1.81 bits per heavy atom. The van der Waals surface area contributed by atoms with Gasteiger partial charge in [0.05, 0.1) is 11.1 Å². The molecule has 0 unspecified atom stereocenters. The predicted octanol–water partition coefficient (Wildman–Crippen LogP) is 8.06. The second kappa shape index (κ2) is 8.89. The van der Waals surface area contributed by atoms with Crippen LogP contribution in [0.1, 0.15) is 58.2 Å². The van der Waals surface area contributed by atoms with E-state index in [1.807, 2.05) is 49.4 Å². The summed E-state index contributed by atoms with van der Waals surface area (Å²) in [4.78, 5) is 0. The average molecular weight is 423 g/mol. The molecule has 32 heavy (non-hydrogen) atoms. The maximum Gasteiger partial charge on any atom is 0.143 e. The molecule has 0 aromatic heterocycles. The molecule has 0 aliphatic rings. The lowest BCUT2D eigenvalue weighted by molar-refractivity contribution is 0.477. The van der Waals surface area contributed by atoms with Crippen molar-refractivity contribution in [3.8, 4) is 29.4 Å². The first-order valence-electron chi connectivity index (χ1n) is 10.8. The summed E-state index contributed by atoms with van der Waals surface area (Å²) in [5, 5.41) is 21.4. The molecule has 1 N–H and O–H groups in total. The molecule has 0 saturated carbocycles. The Labute approximate surface area is 191 Å². The lowest BCUT2D eigenvalue weighted by atomic mass is 9.95. The van der Waals surface area contributed by atoms with E-state index in [0.717, 1.165) is 27.5 Å². The Morgan fingerprint density at radius 2 is 1.25 bits per heavy atom. The van der Waals surface area contributed by atoms with Crippen molar-refractivity contribution in [3.05, 3.63) is 65.2 Å². The highest BCUT2D eigenvalue weighted by Gasteiger charge is 2.12. The Kier molecular flexibility index (Phi) is 6.42. The van der Waals surface area contributed by atoms with Gasteiger partial charge in [0.25, 0.3) is 0 Å². The van der Waals surface area contributed by atoms with Crippen LogP contribution in [0.15, 0.2) is 58.8 Å². The number of azo groups is 1. The van der Waals surface area contributed by atoms with Crippen molar-refractivity contribution in [1.82, 2.24) is 0 Å². The molecule has 3 heteroatoms. The fourth-order valence-corrected chi connectivity index (χ4v) is 3.04. The molecule has 0 aliphatic heterocycles. The number of nitrogens with zero attached hydrogens (tertiary/aromatic N) is 2. The molecule has 0 aliphatic carbocycles. The zero-order chi connectivity index (χ0) is 23.5. The van der Waals surface area contributed by atoms with E-state index in [-0.39, 0.29) is 16.6 Å². The summed E-state index contributed by atoms with van der Waals surface area (Å²) in [5.74, 6) is 13.2. The van der Waals surface area contributed by atoms with Gasteiger partial charge in [-0.1, -0.05) is 54.0 Å². The SMILES string of the molecule is Cc1cc(C#CC(C)(C)C)c(N=Nc2c(O)ccc3ccccc23)c(C#CC(C)(C)C)c1. The van der Waals surface area contributed by atoms with Crippen LogP contribution in [-0.4, -0.2) is 5.11 Å². The fourth-order valence-electron chi connectivity index (χ4n) is 3.04.